The van der Waals surface area contributed by atoms with E-state index in [2.05, 4.69) is 0 Å². The average Bonchev–Trinajstić information content (AvgIpc) is 2.50. The van der Waals surface area contributed by atoms with Crippen molar-refractivity contribution in [3.05, 3.63) is 70.3 Å². The molecule has 0 aliphatic carbocycles. The summed E-state index contributed by atoms with van der Waals surface area (Å²) in [6.07, 6.45) is 0.577. The van der Waals surface area contributed by atoms with Crippen LogP contribution in [0.4, 0.5) is 0 Å². The van der Waals surface area contributed by atoms with E-state index in [4.69, 9.17) is 0 Å². The van der Waals surface area contributed by atoms with E-state index in [1.54, 1.807) is 12.1 Å². The van der Waals surface area contributed by atoms with Crippen molar-refractivity contribution < 1.29 is 19.8 Å². The standard InChI is InChI=1S/C19H20O4/c1-12-3-6-14(7-4-12)10-16(18(20)21)11-15-8-5-13(2)9-17(15)19(22)23/h3-9,16H,10-11H2,1-2H3,(H,20,21)(H,22,23). The number of benzene rings is 2. The molecule has 0 aliphatic heterocycles. The monoisotopic (exact) mass is 312 g/mol. The zero-order valence-corrected chi connectivity index (χ0v) is 13.2. The lowest BCUT2D eigenvalue weighted by atomic mass is 9.90. The molecule has 1 unspecified atom stereocenters. The van der Waals surface area contributed by atoms with Gasteiger partial charge in [-0.25, -0.2) is 4.79 Å². The summed E-state index contributed by atoms with van der Waals surface area (Å²) in [7, 11) is 0. The fourth-order valence-electron chi connectivity index (χ4n) is 2.59. The fourth-order valence-corrected chi connectivity index (χ4v) is 2.59. The molecule has 0 saturated heterocycles. The van der Waals surface area contributed by atoms with Crippen LogP contribution in [-0.4, -0.2) is 22.2 Å². The van der Waals surface area contributed by atoms with Crippen molar-refractivity contribution in [3.8, 4) is 0 Å². The van der Waals surface area contributed by atoms with Crippen molar-refractivity contribution in [2.24, 2.45) is 5.92 Å². The highest BCUT2D eigenvalue weighted by Gasteiger charge is 2.21. The molecular formula is C19H20O4. The van der Waals surface area contributed by atoms with Crippen LogP contribution >= 0.6 is 0 Å². The van der Waals surface area contributed by atoms with Gasteiger partial charge in [0.1, 0.15) is 0 Å². The lowest BCUT2D eigenvalue weighted by Crippen LogP contribution is -2.20. The Balaban J connectivity index is 2.25. The number of aliphatic carboxylic acids is 1. The molecule has 0 aromatic heterocycles. The first-order valence-electron chi connectivity index (χ1n) is 7.48. The van der Waals surface area contributed by atoms with Crippen LogP contribution in [0, 0.1) is 19.8 Å². The molecule has 1 atom stereocenters. The SMILES string of the molecule is Cc1ccc(CC(Cc2ccc(C)cc2C(=O)O)C(=O)O)cc1. The van der Waals surface area contributed by atoms with Gasteiger partial charge in [-0.2, -0.15) is 0 Å². The fraction of sp³-hybridized carbons (Fsp3) is 0.263. The summed E-state index contributed by atoms with van der Waals surface area (Å²) in [6, 6.07) is 12.8. The van der Waals surface area contributed by atoms with E-state index in [-0.39, 0.29) is 12.0 Å². The van der Waals surface area contributed by atoms with Gasteiger partial charge >= 0.3 is 11.9 Å². The Hall–Kier alpha value is -2.62. The summed E-state index contributed by atoms with van der Waals surface area (Å²) in [4.78, 5) is 22.9. The van der Waals surface area contributed by atoms with E-state index in [0.717, 1.165) is 16.7 Å². The van der Waals surface area contributed by atoms with Crippen LogP contribution < -0.4 is 0 Å². The van der Waals surface area contributed by atoms with E-state index in [1.165, 1.54) is 0 Å². The highest BCUT2D eigenvalue weighted by atomic mass is 16.4. The highest BCUT2D eigenvalue weighted by molar-refractivity contribution is 5.89. The molecule has 2 aromatic carbocycles. The second-order valence-electron chi connectivity index (χ2n) is 5.89. The number of hydrogen-bond acceptors (Lipinski definition) is 2. The zero-order chi connectivity index (χ0) is 17.0. The molecule has 0 spiro atoms. The number of rotatable bonds is 6. The summed E-state index contributed by atoms with van der Waals surface area (Å²) in [5.41, 5.74) is 3.64. The smallest absolute Gasteiger partial charge is 0.335 e. The summed E-state index contributed by atoms with van der Waals surface area (Å²) in [5, 5.41) is 18.8. The quantitative estimate of drug-likeness (QED) is 0.856. The van der Waals surface area contributed by atoms with Crippen molar-refractivity contribution >= 4 is 11.9 Å². The number of carbonyl (C=O) groups is 2. The van der Waals surface area contributed by atoms with Crippen molar-refractivity contribution in [1.82, 2.24) is 0 Å². The Labute approximate surface area is 135 Å². The number of carboxylic acids is 2. The Morgan fingerprint density at radius 2 is 1.52 bits per heavy atom. The lowest BCUT2D eigenvalue weighted by Gasteiger charge is -2.15. The van der Waals surface area contributed by atoms with Crippen molar-refractivity contribution in [1.29, 1.82) is 0 Å². The van der Waals surface area contributed by atoms with Gasteiger partial charge < -0.3 is 10.2 Å². The number of aryl methyl sites for hydroxylation is 2. The second kappa shape index (κ2) is 7.09. The minimum atomic E-state index is -1.02. The normalized spacial score (nSPS) is 11.9. The highest BCUT2D eigenvalue weighted by Crippen LogP contribution is 2.20. The Bertz CT molecular complexity index is 717. The first-order valence-corrected chi connectivity index (χ1v) is 7.48. The molecule has 2 N–H and O–H groups in total. The third-order valence-corrected chi connectivity index (χ3v) is 3.91. The first-order chi connectivity index (χ1) is 10.9. The molecule has 4 heteroatoms. The number of aromatic carboxylic acids is 1. The van der Waals surface area contributed by atoms with Crippen LogP contribution in [0.2, 0.25) is 0 Å². The van der Waals surface area contributed by atoms with Gasteiger partial charge in [0.15, 0.2) is 0 Å². The third kappa shape index (κ3) is 4.42. The summed E-state index contributed by atoms with van der Waals surface area (Å²) >= 11 is 0. The van der Waals surface area contributed by atoms with Crippen molar-refractivity contribution in [2.45, 2.75) is 26.7 Å². The van der Waals surface area contributed by atoms with Crippen LogP contribution in [0.15, 0.2) is 42.5 Å². The predicted molar refractivity (Wildman–Crippen MR) is 87.9 cm³/mol. The molecule has 0 radical (unpaired) electrons. The third-order valence-electron chi connectivity index (χ3n) is 3.91. The molecule has 2 rings (SSSR count). The van der Waals surface area contributed by atoms with Gasteiger partial charge in [0.05, 0.1) is 11.5 Å². The Morgan fingerprint density at radius 3 is 2.09 bits per heavy atom. The summed E-state index contributed by atoms with van der Waals surface area (Å²) in [5.74, 6) is -2.59. The van der Waals surface area contributed by atoms with E-state index in [9.17, 15) is 19.8 Å². The largest absolute Gasteiger partial charge is 0.481 e. The van der Waals surface area contributed by atoms with Crippen molar-refractivity contribution in [3.63, 3.8) is 0 Å². The minimum absolute atomic E-state index is 0.181. The maximum Gasteiger partial charge on any atom is 0.335 e. The van der Waals surface area contributed by atoms with E-state index in [0.29, 0.717) is 12.0 Å². The average molecular weight is 312 g/mol. The van der Waals surface area contributed by atoms with Crippen LogP contribution in [0.3, 0.4) is 0 Å². The van der Waals surface area contributed by atoms with Gasteiger partial charge in [0.25, 0.3) is 0 Å². The maximum atomic E-state index is 11.6. The van der Waals surface area contributed by atoms with Gasteiger partial charge in [-0.1, -0.05) is 47.5 Å². The maximum absolute atomic E-state index is 11.6. The molecule has 0 amide bonds. The summed E-state index contributed by atoms with van der Waals surface area (Å²) in [6.45, 7) is 3.79. The number of carboxylic acid groups (broad SMARTS) is 2. The van der Waals surface area contributed by atoms with Gasteiger partial charge in [-0.3, -0.25) is 4.79 Å². The second-order valence-corrected chi connectivity index (χ2v) is 5.89. The van der Waals surface area contributed by atoms with Gasteiger partial charge in [-0.15, -0.1) is 0 Å². The van der Waals surface area contributed by atoms with Gasteiger partial charge in [0.2, 0.25) is 0 Å². The zero-order valence-electron chi connectivity index (χ0n) is 13.2. The minimum Gasteiger partial charge on any atom is -0.481 e. The number of hydrogen-bond donors (Lipinski definition) is 2. The molecule has 0 saturated carbocycles. The summed E-state index contributed by atoms with van der Waals surface area (Å²) < 4.78 is 0. The molecule has 0 bridgehead atoms. The van der Waals surface area contributed by atoms with Crippen molar-refractivity contribution in [2.75, 3.05) is 0 Å². The molecule has 23 heavy (non-hydrogen) atoms. The van der Waals surface area contributed by atoms with Gasteiger partial charge in [0, 0.05) is 0 Å². The van der Waals surface area contributed by atoms with E-state index < -0.39 is 17.9 Å². The molecular weight excluding hydrogens is 292 g/mol. The molecule has 4 nitrogen and oxygen atoms in total. The van der Waals surface area contributed by atoms with Crippen LogP contribution in [0.1, 0.15) is 32.6 Å². The molecule has 0 aliphatic rings. The molecule has 120 valence electrons. The predicted octanol–water partition coefficient (Wildman–Crippen LogP) is 3.49. The van der Waals surface area contributed by atoms with Gasteiger partial charge in [-0.05, 0) is 43.9 Å². The molecule has 2 aromatic rings. The topological polar surface area (TPSA) is 74.6 Å². The van der Waals surface area contributed by atoms with Crippen LogP contribution in [0.25, 0.3) is 0 Å². The Morgan fingerprint density at radius 1 is 0.913 bits per heavy atom. The Kier molecular flexibility index (Phi) is 5.16. The van der Waals surface area contributed by atoms with E-state index >= 15 is 0 Å². The van der Waals surface area contributed by atoms with Crippen LogP contribution in [0.5, 0.6) is 0 Å². The molecule has 0 heterocycles. The first kappa shape index (κ1) is 16.7. The van der Waals surface area contributed by atoms with Crippen LogP contribution in [-0.2, 0) is 17.6 Å². The molecule has 0 fully saturated rings. The van der Waals surface area contributed by atoms with E-state index in [1.807, 2.05) is 44.2 Å². The lowest BCUT2D eigenvalue weighted by molar-refractivity contribution is -0.141.